The van der Waals surface area contributed by atoms with Crippen molar-refractivity contribution in [3.63, 3.8) is 0 Å². The molecule has 0 heterocycles. The fourth-order valence-corrected chi connectivity index (χ4v) is 2.96. The number of halogens is 2. The number of benzene rings is 2. The first-order valence-corrected chi connectivity index (χ1v) is 8.94. The van der Waals surface area contributed by atoms with Gasteiger partial charge in [0.1, 0.15) is 0 Å². The molecule has 0 amide bonds. The largest absolute Gasteiger partial charge is 0.377 e. The summed E-state index contributed by atoms with van der Waals surface area (Å²) in [6.45, 7) is 1.95. The fraction of sp³-hybridized carbons (Fsp3) is 0.200. The summed E-state index contributed by atoms with van der Waals surface area (Å²) in [5.41, 5.74) is 1.57. The first-order valence-electron chi connectivity index (χ1n) is 6.29. The van der Waals surface area contributed by atoms with Crippen LogP contribution in [-0.2, 0) is 9.84 Å². The van der Waals surface area contributed by atoms with Crippen molar-refractivity contribution < 1.29 is 8.42 Å². The number of sulfone groups is 1. The molecule has 2 aromatic carbocycles. The lowest BCUT2D eigenvalue weighted by Crippen LogP contribution is -2.08. The van der Waals surface area contributed by atoms with Crippen LogP contribution in [0.15, 0.2) is 47.4 Å². The molecule has 0 aliphatic heterocycles. The molecule has 1 N–H and O–H groups in total. The molecule has 112 valence electrons. The van der Waals surface area contributed by atoms with E-state index in [0.29, 0.717) is 15.7 Å². The van der Waals surface area contributed by atoms with Crippen molar-refractivity contribution in [2.24, 2.45) is 0 Å². The van der Waals surface area contributed by atoms with Crippen molar-refractivity contribution in [2.45, 2.75) is 17.9 Å². The summed E-state index contributed by atoms with van der Waals surface area (Å²) in [7, 11) is -3.27. The standard InChI is InChI=1S/C15H15Cl2NO2S/c1-10(11-4-3-5-12(16)8-11)18-15-9-13(21(2,19)20)6-7-14(15)17/h3-10,18H,1-2H3. The maximum atomic E-state index is 11.6. The van der Waals surface area contributed by atoms with Gasteiger partial charge >= 0.3 is 0 Å². The molecule has 0 radical (unpaired) electrons. The molecule has 6 heteroatoms. The zero-order chi connectivity index (χ0) is 15.6. The molecule has 0 spiro atoms. The lowest BCUT2D eigenvalue weighted by atomic mass is 10.1. The minimum absolute atomic E-state index is 0.0592. The minimum atomic E-state index is -3.27. The van der Waals surface area contributed by atoms with Gasteiger partial charge in [-0.2, -0.15) is 0 Å². The molecular formula is C15H15Cl2NO2S. The highest BCUT2D eigenvalue weighted by molar-refractivity contribution is 7.90. The monoisotopic (exact) mass is 343 g/mol. The molecule has 0 fully saturated rings. The molecular weight excluding hydrogens is 329 g/mol. The third-order valence-corrected chi connectivity index (χ3v) is 4.76. The Morgan fingerprint density at radius 2 is 1.81 bits per heavy atom. The van der Waals surface area contributed by atoms with Crippen LogP contribution in [0.1, 0.15) is 18.5 Å². The van der Waals surface area contributed by atoms with Crippen LogP contribution in [0.3, 0.4) is 0 Å². The molecule has 2 aromatic rings. The number of anilines is 1. The average Bonchev–Trinajstić information content (AvgIpc) is 2.40. The van der Waals surface area contributed by atoms with Crippen LogP contribution >= 0.6 is 23.2 Å². The normalized spacial score (nSPS) is 13.0. The summed E-state index contributed by atoms with van der Waals surface area (Å²) in [4.78, 5) is 0.229. The van der Waals surface area contributed by atoms with E-state index < -0.39 is 9.84 Å². The van der Waals surface area contributed by atoms with Gasteiger partial charge in [0.05, 0.1) is 15.6 Å². The van der Waals surface area contributed by atoms with Crippen molar-refractivity contribution in [3.8, 4) is 0 Å². The number of nitrogens with one attached hydrogen (secondary N) is 1. The zero-order valence-electron chi connectivity index (χ0n) is 11.6. The van der Waals surface area contributed by atoms with Crippen LogP contribution in [0.2, 0.25) is 10.0 Å². The second-order valence-corrected chi connectivity index (χ2v) is 7.69. The summed E-state index contributed by atoms with van der Waals surface area (Å²) in [5.74, 6) is 0. The summed E-state index contributed by atoms with van der Waals surface area (Å²) in [5, 5.41) is 4.33. The first-order chi connectivity index (χ1) is 9.77. The van der Waals surface area contributed by atoms with Crippen molar-refractivity contribution in [2.75, 3.05) is 11.6 Å². The van der Waals surface area contributed by atoms with E-state index in [1.54, 1.807) is 18.2 Å². The minimum Gasteiger partial charge on any atom is -0.377 e. The molecule has 21 heavy (non-hydrogen) atoms. The third kappa shape index (κ3) is 4.13. The molecule has 0 saturated carbocycles. The lowest BCUT2D eigenvalue weighted by Gasteiger charge is -2.17. The molecule has 3 nitrogen and oxygen atoms in total. The van der Waals surface area contributed by atoms with E-state index in [1.807, 2.05) is 25.1 Å². The smallest absolute Gasteiger partial charge is 0.175 e. The highest BCUT2D eigenvalue weighted by Crippen LogP contribution is 2.29. The highest BCUT2D eigenvalue weighted by atomic mass is 35.5. The van der Waals surface area contributed by atoms with Gasteiger partial charge < -0.3 is 5.32 Å². The molecule has 0 aromatic heterocycles. The van der Waals surface area contributed by atoms with Gasteiger partial charge in [-0.1, -0.05) is 35.3 Å². The maximum Gasteiger partial charge on any atom is 0.175 e. The van der Waals surface area contributed by atoms with Gasteiger partial charge in [0.2, 0.25) is 0 Å². The summed E-state index contributed by atoms with van der Waals surface area (Å²) in [6, 6.07) is 12.0. The van der Waals surface area contributed by atoms with Crippen LogP contribution in [-0.4, -0.2) is 14.7 Å². The third-order valence-electron chi connectivity index (χ3n) is 3.09. The van der Waals surface area contributed by atoms with E-state index in [0.717, 1.165) is 5.56 Å². The molecule has 1 unspecified atom stereocenters. The Morgan fingerprint density at radius 1 is 1.10 bits per heavy atom. The molecule has 0 aliphatic rings. The van der Waals surface area contributed by atoms with E-state index in [1.165, 1.54) is 12.3 Å². The van der Waals surface area contributed by atoms with Crippen LogP contribution in [0.25, 0.3) is 0 Å². The Morgan fingerprint density at radius 3 is 2.43 bits per heavy atom. The predicted molar refractivity (Wildman–Crippen MR) is 88.1 cm³/mol. The van der Waals surface area contributed by atoms with E-state index >= 15 is 0 Å². The van der Waals surface area contributed by atoms with Gasteiger partial charge in [-0.05, 0) is 42.8 Å². The Balaban J connectivity index is 2.31. The fourth-order valence-electron chi connectivity index (χ4n) is 1.94. The highest BCUT2D eigenvalue weighted by Gasteiger charge is 2.13. The van der Waals surface area contributed by atoms with Gasteiger partial charge in [-0.25, -0.2) is 8.42 Å². The van der Waals surface area contributed by atoms with Gasteiger partial charge in [0.25, 0.3) is 0 Å². The molecule has 0 aliphatic carbocycles. The van der Waals surface area contributed by atoms with E-state index in [2.05, 4.69) is 5.32 Å². The van der Waals surface area contributed by atoms with Crippen LogP contribution in [0, 0.1) is 0 Å². The second kappa shape index (κ2) is 6.26. The van der Waals surface area contributed by atoms with Crippen molar-refractivity contribution >= 4 is 38.7 Å². The van der Waals surface area contributed by atoms with Gasteiger partial charge in [-0.3, -0.25) is 0 Å². The second-order valence-electron chi connectivity index (χ2n) is 4.83. The summed E-state index contributed by atoms with van der Waals surface area (Å²) >= 11 is 12.1. The van der Waals surface area contributed by atoms with E-state index in [4.69, 9.17) is 23.2 Å². The summed E-state index contributed by atoms with van der Waals surface area (Å²) < 4.78 is 23.2. The van der Waals surface area contributed by atoms with Crippen molar-refractivity contribution in [3.05, 3.63) is 58.1 Å². The predicted octanol–water partition coefficient (Wildman–Crippen LogP) is 4.57. The van der Waals surface area contributed by atoms with Gasteiger partial charge in [-0.15, -0.1) is 0 Å². The molecule has 2 rings (SSSR count). The number of hydrogen-bond acceptors (Lipinski definition) is 3. The number of hydrogen-bond donors (Lipinski definition) is 1. The van der Waals surface area contributed by atoms with Crippen molar-refractivity contribution in [1.82, 2.24) is 0 Å². The van der Waals surface area contributed by atoms with Crippen LogP contribution in [0.4, 0.5) is 5.69 Å². The Bertz CT molecular complexity index is 760. The van der Waals surface area contributed by atoms with E-state index in [-0.39, 0.29) is 10.9 Å². The lowest BCUT2D eigenvalue weighted by molar-refractivity contribution is 0.602. The SMILES string of the molecule is CC(Nc1cc(S(C)(=O)=O)ccc1Cl)c1cccc(Cl)c1. The van der Waals surface area contributed by atoms with E-state index in [9.17, 15) is 8.42 Å². The molecule has 0 saturated heterocycles. The topological polar surface area (TPSA) is 46.2 Å². The first kappa shape index (κ1) is 16.1. The number of rotatable bonds is 4. The Kier molecular flexibility index (Phi) is 4.81. The Labute approximate surface area is 134 Å². The maximum absolute atomic E-state index is 11.6. The molecule has 0 bridgehead atoms. The zero-order valence-corrected chi connectivity index (χ0v) is 13.9. The average molecular weight is 344 g/mol. The summed E-state index contributed by atoms with van der Waals surface area (Å²) in [6.07, 6.45) is 1.17. The van der Waals surface area contributed by atoms with Crippen molar-refractivity contribution in [1.29, 1.82) is 0 Å². The van der Waals surface area contributed by atoms with Gasteiger partial charge in [0, 0.05) is 17.3 Å². The molecule has 1 atom stereocenters. The Hall–Kier alpha value is -1.23. The quantitative estimate of drug-likeness (QED) is 0.884. The van der Waals surface area contributed by atoms with Gasteiger partial charge in [0.15, 0.2) is 9.84 Å². The van der Waals surface area contributed by atoms with Crippen LogP contribution in [0.5, 0.6) is 0 Å². The van der Waals surface area contributed by atoms with Crippen LogP contribution < -0.4 is 5.32 Å².